The molecule has 0 bridgehead atoms. The van der Waals surface area contributed by atoms with E-state index in [2.05, 4.69) is 23.1 Å². The van der Waals surface area contributed by atoms with E-state index in [0.717, 1.165) is 12.0 Å². The number of nitrogens with one attached hydrogen (secondary N) is 1. The van der Waals surface area contributed by atoms with Crippen LogP contribution in [-0.4, -0.2) is 47.4 Å². The quantitative estimate of drug-likeness (QED) is 0.414. The van der Waals surface area contributed by atoms with Crippen molar-refractivity contribution in [3.63, 3.8) is 0 Å². The molecule has 8 heteroatoms. The average Bonchev–Trinajstić information content (AvgIpc) is 2.97. The van der Waals surface area contributed by atoms with E-state index < -0.39 is 11.9 Å². The molecule has 1 N–H and O–H groups in total. The predicted octanol–water partition coefficient (Wildman–Crippen LogP) is 0.726. The molecule has 1 fully saturated rings. The van der Waals surface area contributed by atoms with Crippen LogP contribution in [0, 0.1) is 24.2 Å². The van der Waals surface area contributed by atoms with Crippen molar-refractivity contribution in [1.82, 2.24) is 14.5 Å². The fourth-order valence-corrected chi connectivity index (χ4v) is 3.33. The summed E-state index contributed by atoms with van der Waals surface area (Å²) in [5, 5.41) is 2.30. The highest BCUT2D eigenvalue weighted by Crippen LogP contribution is 2.23. The third-order valence-electron chi connectivity index (χ3n) is 4.78. The van der Waals surface area contributed by atoms with Crippen molar-refractivity contribution in [1.29, 1.82) is 0 Å². The lowest BCUT2D eigenvalue weighted by atomic mass is 10.1. The maximum atomic E-state index is 12.7. The van der Waals surface area contributed by atoms with Gasteiger partial charge in [0.15, 0.2) is 0 Å². The molecule has 1 aliphatic heterocycles. The molecule has 1 atom stereocenters. The first-order chi connectivity index (χ1) is 14.5. The van der Waals surface area contributed by atoms with Crippen molar-refractivity contribution in [3.8, 4) is 24.2 Å². The first-order valence-corrected chi connectivity index (χ1v) is 9.65. The lowest BCUT2D eigenvalue weighted by Gasteiger charge is -2.21. The van der Waals surface area contributed by atoms with Crippen LogP contribution in [0.5, 0.6) is 0 Å². The highest BCUT2D eigenvalue weighted by Gasteiger charge is 2.31. The summed E-state index contributed by atoms with van der Waals surface area (Å²) in [6.45, 7) is 1.66. The monoisotopic (exact) mass is 409 g/mol. The normalized spacial score (nSPS) is 16.1. The Bertz CT molecular complexity index is 1110. The first kappa shape index (κ1) is 21.4. The molecular formula is C22H23N3O5. The predicted molar refractivity (Wildman–Crippen MR) is 111 cm³/mol. The standard InChI is InChI=1S/C22H23N3O5/c1-3-11-29-13-5-14-30-12-4-6-16-7-8-17-19(15-16)24(2)22(28)25(17)18-9-10-20(26)23-21(18)27/h1,7-8,15,18H,5,9-14H2,2H3,(H,23,26,27). The van der Waals surface area contributed by atoms with Crippen molar-refractivity contribution in [2.45, 2.75) is 25.3 Å². The van der Waals surface area contributed by atoms with Crippen LogP contribution in [0.1, 0.15) is 30.9 Å². The van der Waals surface area contributed by atoms with Crippen LogP contribution < -0.4 is 11.0 Å². The Morgan fingerprint density at radius 3 is 2.67 bits per heavy atom. The number of carbonyl (C=O) groups excluding carboxylic acids is 2. The van der Waals surface area contributed by atoms with Gasteiger partial charge in [0.05, 0.1) is 24.2 Å². The summed E-state index contributed by atoms with van der Waals surface area (Å²) >= 11 is 0. The van der Waals surface area contributed by atoms with Crippen LogP contribution in [-0.2, 0) is 26.1 Å². The number of hydrogen-bond donors (Lipinski definition) is 1. The van der Waals surface area contributed by atoms with Crippen LogP contribution in [0.2, 0.25) is 0 Å². The summed E-state index contributed by atoms with van der Waals surface area (Å²) in [7, 11) is 1.65. The van der Waals surface area contributed by atoms with E-state index in [1.165, 1.54) is 9.13 Å². The number of aryl methyl sites for hydroxylation is 1. The number of amides is 2. The number of ether oxygens (including phenoxy) is 2. The molecule has 2 heterocycles. The van der Waals surface area contributed by atoms with Gasteiger partial charge in [-0.25, -0.2) is 4.79 Å². The van der Waals surface area contributed by atoms with Gasteiger partial charge in [-0.2, -0.15) is 0 Å². The van der Waals surface area contributed by atoms with Crippen LogP contribution in [0.3, 0.4) is 0 Å². The number of rotatable bonds is 7. The van der Waals surface area contributed by atoms with E-state index in [4.69, 9.17) is 15.9 Å². The van der Waals surface area contributed by atoms with E-state index >= 15 is 0 Å². The third kappa shape index (κ3) is 4.80. The van der Waals surface area contributed by atoms with Gasteiger partial charge in [-0.3, -0.25) is 24.0 Å². The molecule has 1 aromatic heterocycles. The zero-order chi connectivity index (χ0) is 21.5. The number of piperidine rings is 1. The number of benzene rings is 1. The van der Waals surface area contributed by atoms with E-state index in [1.54, 1.807) is 25.2 Å². The molecule has 2 aromatic rings. The van der Waals surface area contributed by atoms with Crippen molar-refractivity contribution < 1.29 is 19.1 Å². The number of imidazole rings is 1. The maximum absolute atomic E-state index is 12.7. The molecule has 1 aromatic carbocycles. The van der Waals surface area contributed by atoms with E-state index in [9.17, 15) is 14.4 Å². The number of imide groups is 1. The topological polar surface area (TPSA) is 91.6 Å². The largest absolute Gasteiger partial charge is 0.369 e. The SMILES string of the molecule is C#CCOCCCOCC#Cc1ccc2c(c1)n(C)c(=O)n2C1CCC(=O)NC1=O. The molecular weight excluding hydrogens is 386 g/mol. The Morgan fingerprint density at radius 2 is 1.93 bits per heavy atom. The maximum Gasteiger partial charge on any atom is 0.329 e. The second-order valence-corrected chi connectivity index (χ2v) is 6.85. The lowest BCUT2D eigenvalue weighted by Crippen LogP contribution is -2.44. The molecule has 1 saturated heterocycles. The molecule has 0 aliphatic carbocycles. The molecule has 1 unspecified atom stereocenters. The van der Waals surface area contributed by atoms with E-state index in [1.807, 2.05) is 0 Å². The minimum Gasteiger partial charge on any atom is -0.369 e. The number of nitrogens with zero attached hydrogens (tertiary/aromatic N) is 2. The summed E-state index contributed by atoms with van der Waals surface area (Å²) in [4.78, 5) is 36.4. The summed E-state index contributed by atoms with van der Waals surface area (Å²) in [6.07, 6.45) is 6.34. The molecule has 1 aliphatic rings. The Balaban J connectivity index is 1.69. The molecule has 30 heavy (non-hydrogen) atoms. The van der Waals surface area contributed by atoms with Crippen LogP contribution in [0.15, 0.2) is 23.0 Å². The fraction of sp³-hybridized carbons (Fsp3) is 0.409. The minimum atomic E-state index is -0.700. The van der Waals surface area contributed by atoms with Gasteiger partial charge in [-0.1, -0.05) is 17.8 Å². The molecule has 0 spiro atoms. The Kier molecular flexibility index (Phi) is 7.08. The molecule has 3 rings (SSSR count). The average molecular weight is 409 g/mol. The smallest absolute Gasteiger partial charge is 0.329 e. The van der Waals surface area contributed by atoms with E-state index in [-0.39, 0.29) is 24.6 Å². The summed E-state index contributed by atoms with van der Waals surface area (Å²) < 4.78 is 13.5. The highest BCUT2D eigenvalue weighted by atomic mass is 16.5. The fourth-order valence-electron chi connectivity index (χ4n) is 3.33. The Labute approximate surface area is 174 Å². The summed E-state index contributed by atoms with van der Waals surface area (Å²) in [5.74, 6) is 7.59. The van der Waals surface area contributed by atoms with Crippen molar-refractivity contribution in [3.05, 3.63) is 34.2 Å². The van der Waals surface area contributed by atoms with Gasteiger partial charge >= 0.3 is 5.69 Å². The molecule has 8 nitrogen and oxygen atoms in total. The lowest BCUT2D eigenvalue weighted by molar-refractivity contribution is -0.135. The van der Waals surface area contributed by atoms with Crippen LogP contribution >= 0.6 is 0 Å². The Morgan fingerprint density at radius 1 is 1.17 bits per heavy atom. The molecule has 0 radical (unpaired) electrons. The number of aromatic nitrogens is 2. The third-order valence-corrected chi connectivity index (χ3v) is 4.78. The molecule has 2 amide bonds. The number of fused-ring (bicyclic) bond motifs is 1. The van der Waals surface area contributed by atoms with Gasteiger partial charge in [-0.05, 0) is 31.0 Å². The number of carbonyl (C=O) groups is 2. The number of terminal acetylenes is 1. The Hall–Kier alpha value is -3.33. The van der Waals surface area contributed by atoms with Gasteiger partial charge < -0.3 is 9.47 Å². The zero-order valence-electron chi connectivity index (χ0n) is 16.8. The molecule has 156 valence electrons. The second-order valence-electron chi connectivity index (χ2n) is 6.85. The summed E-state index contributed by atoms with van der Waals surface area (Å²) in [6, 6.07) is 4.67. The minimum absolute atomic E-state index is 0.207. The summed E-state index contributed by atoms with van der Waals surface area (Å²) in [5.41, 5.74) is 1.73. The van der Waals surface area contributed by atoms with Gasteiger partial charge in [0, 0.05) is 19.0 Å². The number of hydrogen-bond acceptors (Lipinski definition) is 5. The van der Waals surface area contributed by atoms with Crippen LogP contribution in [0.25, 0.3) is 11.0 Å². The van der Waals surface area contributed by atoms with Gasteiger partial charge in [0.25, 0.3) is 0 Å². The van der Waals surface area contributed by atoms with Gasteiger partial charge in [0.1, 0.15) is 19.3 Å². The van der Waals surface area contributed by atoms with Crippen molar-refractivity contribution in [2.75, 3.05) is 26.4 Å². The van der Waals surface area contributed by atoms with Crippen molar-refractivity contribution >= 4 is 22.8 Å². The molecule has 0 saturated carbocycles. The highest BCUT2D eigenvalue weighted by molar-refractivity contribution is 6.00. The van der Waals surface area contributed by atoms with Gasteiger partial charge in [0.2, 0.25) is 11.8 Å². The second kappa shape index (κ2) is 9.93. The van der Waals surface area contributed by atoms with Crippen molar-refractivity contribution in [2.24, 2.45) is 7.05 Å². The first-order valence-electron chi connectivity index (χ1n) is 9.65. The van der Waals surface area contributed by atoms with Crippen LogP contribution in [0.4, 0.5) is 0 Å². The van der Waals surface area contributed by atoms with Gasteiger partial charge in [-0.15, -0.1) is 6.42 Å². The van der Waals surface area contributed by atoms with E-state index in [0.29, 0.717) is 37.3 Å². The zero-order valence-corrected chi connectivity index (χ0v) is 16.8.